The number of primary amides is 1. The van der Waals surface area contributed by atoms with Crippen LogP contribution in [0.25, 0.3) is 0 Å². The van der Waals surface area contributed by atoms with Crippen LogP contribution < -0.4 is 14.8 Å². The van der Waals surface area contributed by atoms with E-state index in [1.807, 2.05) is 12.1 Å². The van der Waals surface area contributed by atoms with Gasteiger partial charge >= 0.3 is 7.60 Å². The minimum absolute atomic E-state index is 0.111. The molecule has 2 rings (SSSR count). The molecular weight excluding hydrogens is 301 g/mol. The van der Waals surface area contributed by atoms with Crippen molar-refractivity contribution in [3.8, 4) is 11.5 Å². The number of amides is 1. The summed E-state index contributed by atoms with van der Waals surface area (Å²) in [5, 5.41) is 0. The molecule has 116 valence electrons. The second-order valence-corrected chi connectivity index (χ2v) is 6.75. The highest BCUT2D eigenvalue weighted by Gasteiger charge is 2.27. The lowest BCUT2D eigenvalue weighted by atomic mass is 10.3. The van der Waals surface area contributed by atoms with Gasteiger partial charge in [-0.2, -0.15) is 0 Å². The van der Waals surface area contributed by atoms with Gasteiger partial charge in [0.05, 0.1) is 6.16 Å². The number of nitrogens with two attached hydrogens (primary N) is 1. The van der Waals surface area contributed by atoms with Crippen LogP contribution in [0.15, 0.2) is 60.7 Å². The molecule has 2 N–H and O–H groups in total. The molecule has 0 heterocycles. The molecule has 0 bridgehead atoms. The van der Waals surface area contributed by atoms with Gasteiger partial charge in [-0.25, -0.2) is 4.57 Å². The predicted octanol–water partition coefficient (Wildman–Crippen LogP) is 3.60. The molecular formula is C16H18NO4P. The third kappa shape index (κ3) is 5.26. The Morgan fingerprint density at radius 1 is 0.909 bits per heavy atom. The highest BCUT2D eigenvalue weighted by atomic mass is 31.2. The topological polar surface area (TPSA) is 78.6 Å². The van der Waals surface area contributed by atoms with Gasteiger partial charge in [0.1, 0.15) is 11.5 Å². The fraction of sp³-hybridized carbons (Fsp3) is 0.188. The largest absolute Gasteiger partial charge is 0.430 e. The summed E-state index contributed by atoms with van der Waals surface area (Å²) in [5.74, 6) is 0.479. The lowest BCUT2D eigenvalue weighted by Crippen LogP contribution is -2.12. The third-order valence-electron chi connectivity index (χ3n) is 2.83. The Kier molecular flexibility index (Phi) is 5.61. The number of rotatable bonds is 8. The summed E-state index contributed by atoms with van der Waals surface area (Å²) in [6.45, 7) is 0. The molecule has 0 radical (unpaired) electrons. The average molecular weight is 319 g/mol. The fourth-order valence-corrected chi connectivity index (χ4v) is 3.49. The van der Waals surface area contributed by atoms with E-state index in [2.05, 4.69) is 0 Å². The highest BCUT2D eigenvalue weighted by Crippen LogP contribution is 2.49. The SMILES string of the molecule is NC(=O)CCCP(=O)(Oc1ccccc1)Oc1ccccc1. The average Bonchev–Trinajstić information content (AvgIpc) is 2.48. The Morgan fingerprint density at radius 3 is 1.77 bits per heavy atom. The molecule has 0 aliphatic heterocycles. The summed E-state index contributed by atoms with van der Waals surface area (Å²) in [4.78, 5) is 10.9. The van der Waals surface area contributed by atoms with Gasteiger partial charge in [-0.1, -0.05) is 36.4 Å². The number of hydrogen-bond donors (Lipinski definition) is 1. The second kappa shape index (κ2) is 7.66. The Balaban J connectivity index is 2.12. The maximum atomic E-state index is 12.9. The van der Waals surface area contributed by atoms with Crippen molar-refractivity contribution >= 4 is 13.5 Å². The zero-order valence-electron chi connectivity index (χ0n) is 12.1. The molecule has 2 aromatic carbocycles. The normalized spacial score (nSPS) is 10.9. The Bertz CT molecular complexity index is 600. The van der Waals surface area contributed by atoms with Crippen molar-refractivity contribution in [3.05, 3.63) is 60.7 Å². The second-order valence-electron chi connectivity index (χ2n) is 4.71. The molecule has 0 saturated heterocycles. The Hall–Kier alpha value is -2.26. The summed E-state index contributed by atoms with van der Waals surface area (Å²) in [6, 6.07) is 17.6. The zero-order chi connectivity index (χ0) is 15.8. The van der Waals surface area contributed by atoms with Gasteiger partial charge in [0.15, 0.2) is 0 Å². The predicted molar refractivity (Wildman–Crippen MR) is 85.0 cm³/mol. The van der Waals surface area contributed by atoms with Crippen LogP contribution in [0.4, 0.5) is 0 Å². The maximum absolute atomic E-state index is 12.9. The van der Waals surface area contributed by atoms with E-state index < -0.39 is 13.5 Å². The van der Waals surface area contributed by atoms with Crippen molar-refractivity contribution in [3.63, 3.8) is 0 Å². The van der Waals surface area contributed by atoms with Crippen LogP contribution in [0.1, 0.15) is 12.8 Å². The standard InChI is InChI=1S/C16H18NO4P/c17-16(18)12-7-13-22(19,20-14-8-3-1-4-9-14)21-15-10-5-2-6-11-15/h1-6,8-11H,7,12-13H2,(H2,17,18). The van der Waals surface area contributed by atoms with Crippen LogP contribution in [-0.2, 0) is 9.36 Å². The van der Waals surface area contributed by atoms with Crippen molar-refractivity contribution < 1.29 is 18.4 Å². The van der Waals surface area contributed by atoms with Crippen LogP contribution >= 0.6 is 7.60 Å². The number of carbonyl (C=O) groups is 1. The first kappa shape index (κ1) is 16.1. The van der Waals surface area contributed by atoms with E-state index in [0.29, 0.717) is 17.9 Å². The molecule has 0 saturated carbocycles. The Labute approximate surface area is 129 Å². The summed E-state index contributed by atoms with van der Waals surface area (Å²) in [7, 11) is -3.43. The first-order valence-corrected chi connectivity index (χ1v) is 8.67. The van der Waals surface area contributed by atoms with E-state index in [0.717, 1.165) is 0 Å². The van der Waals surface area contributed by atoms with Crippen molar-refractivity contribution in [2.45, 2.75) is 12.8 Å². The lowest BCUT2D eigenvalue weighted by molar-refractivity contribution is -0.118. The molecule has 0 unspecified atom stereocenters. The lowest BCUT2D eigenvalue weighted by Gasteiger charge is -2.20. The molecule has 0 atom stereocenters. The van der Waals surface area contributed by atoms with E-state index in [-0.39, 0.29) is 12.6 Å². The summed E-state index contributed by atoms with van der Waals surface area (Å²) < 4.78 is 24.1. The maximum Gasteiger partial charge on any atom is 0.430 e. The van der Waals surface area contributed by atoms with Crippen LogP contribution in [0, 0.1) is 0 Å². The van der Waals surface area contributed by atoms with E-state index in [1.54, 1.807) is 48.5 Å². The molecule has 0 spiro atoms. The molecule has 1 amide bonds. The smallest absolute Gasteiger partial charge is 0.416 e. The van der Waals surface area contributed by atoms with Gasteiger partial charge in [0.2, 0.25) is 5.91 Å². The summed E-state index contributed by atoms with van der Waals surface area (Å²) in [5.41, 5.74) is 5.12. The first-order valence-electron chi connectivity index (χ1n) is 6.94. The summed E-state index contributed by atoms with van der Waals surface area (Å²) >= 11 is 0. The van der Waals surface area contributed by atoms with Gasteiger partial charge in [0.25, 0.3) is 0 Å². The van der Waals surface area contributed by atoms with Crippen LogP contribution in [0.5, 0.6) is 11.5 Å². The third-order valence-corrected chi connectivity index (χ3v) is 4.67. The number of carbonyl (C=O) groups excluding carboxylic acids is 1. The number of benzene rings is 2. The fourth-order valence-electron chi connectivity index (χ4n) is 1.84. The van der Waals surface area contributed by atoms with Crippen LogP contribution in [0.2, 0.25) is 0 Å². The monoisotopic (exact) mass is 319 g/mol. The quantitative estimate of drug-likeness (QED) is 0.754. The number of hydrogen-bond acceptors (Lipinski definition) is 4. The van der Waals surface area contributed by atoms with Crippen molar-refractivity contribution in [1.29, 1.82) is 0 Å². The van der Waals surface area contributed by atoms with Crippen molar-refractivity contribution in [1.82, 2.24) is 0 Å². The molecule has 0 aliphatic rings. The zero-order valence-corrected chi connectivity index (χ0v) is 12.9. The van der Waals surface area contributed by atoms with E-state index >= 15 is 0 Å². The molecule has 0 aromatic heterocycles. The van der Waals surface area contributed by atoms with Crippen LogP contribution in [0.3, 0.4) is 0 Å². The molecule has 6 heteroatoms. The van der Waals surface area contributed by atoms with Crippen molar-refractivity contribution in [2.75, 3.05) is 6.16 Å². The summed E-state index contributed by atoms with van der Waals surface area (Å²) in [6.07, 6.45) is 0.590. The minimum Gasteiger partial charge on any atom is -0.416 e. The van der Waals surface area contributed by atoms with Crippen LogP contribution in [-0.4, -0.2) is 12.1 Å². The highest BCUT2D eigenvalue weighted by molar-refractivity contribution is 7.54. The van der Waals surface area contributed by atoms with Gasteiger partial charge in [-0.3, -0.25) is 4.79 Å². The van der Waals surface area contributed by atoms with E-state index in [9.17, 15) is 9.36 Å². The molecule has 22 heavy (non-hydrogen) atoms. The van der Waals surface area contributed by atoms with E-state index in [4.69, 9.17) is 14.8 Å². The van der Waals surface area contributed by atoms with Crippen molar-refractivity contribution in [2.24, 2.45) is 5.73 Å². The number of para-hydroxylation sites is 2. The Morgan fingerprint density at radius 2 is 1.36 bits per heavy atom. The molecule has 2 aromatic rings. The molecule has 5 nitrogen and oxygen atoms in total. The van der Waals surface area contributed by atoms with Gasteiger partial charge < -0.3 is 14.8 Å². The molecule has 0 fully saturated rings. The first-order chi connectivity index (χ1) is 10.6. The minimum atomic E-state index is -3.43. The van der Waals surface area contributed by atoms with Gasteiger partial charge in [0, 0.05) is 6.42 Å². The molecule has 0 aliphatic carbocycles. The van der Waals surface area contributed by atoms with Gasteiger partial charge in [-0.15, -0.1) is 0 Å². The van der Waals surface area contributed by atoms with Gasteiger partial charge in [-0.05, 0) is 30.7 Å². The van der Waals surface area contributed by atoms with E-state index in [1.165, 1.54) is 0 Å².